The molecule has 7 heteroatoms. The van der Waals surface area contributed by atoms with Gasteiger partial charge in [-0.05, 0) is 25.1 Å². The van der Waals surface area contributed by atoms with Gasteiger partial charge in [-0.1, -0.05) is 12.1 Å². The number of furan rings is 1. The van der Waals surface area contributed by atoms with Crippen LogP contribution in [0.5, 0.6) is 0 Å². The Hall–Kier alpha value is -2.93. The van der Waals surface area contributed by atoms with E-state index in [1.165, 1.54) is 18.6 Å². The van der Waals surface area contributed by atoms with Crippen LogP contribution in [-0.4, -0.2) is 23.5 Å². The standard InChI is InChI=1S/C17H14N2O4S/c1-11-18-15(10-24-11)12-3-2-4-14(7-12)19-16(20)9-23-17(21)13-5-6-22-8-13/h2-8,10H,9H2,1H3,(H,19,20). The number of anilines is 1. The number of aromatic nitrogens is 1. The first-order valence-electron chi connectivity index (χ1n) is 7.13. The number of nitrogens with zero attached hydrogens (tertiary/aromatic N) is 1. The van der Waals surface area contributed by atoms with Crippen LogP contribution in [0.4, 0.5) is 5.69 Å². The predicted molar refractivity (Wildman–Crippen MR) is 89.9 cm³/mol. The number of hydrogen-bond acceptors (Lipinski definition) is 6. The van der Waals surface area contributed by atoms with Crippen LogP contribution >= 0.6 is 11.3 Å². The van der Waals surface area contributed by atoms with Crippen molar-refractivity contribution in [2.45, 2.75) is 6.92 Å². The lowest BCUT2D eigenvalue weighted by Crippen LogP contribution is -2.20. The topological polar surface area (TPSA) is 81.4 Å². The number of amides is 1. The molecule has 0 atom stereocenters. The van der Waals surface area contributed by atoms with Gasteiger partial charge in [0.25, 0.3) is 5.91 Å². The zero-order valence-corrected chi connectivity index (χ0v) is 13.6. The van der Waals surface area contributed by atoms with E-state index in [9.17, 15) is 9.59 Å². The van der Waals surface area contributed by atoms with Crippen molar-refractivity contribution in [3.8, 4) is 11.3 Å². The fourth-order valence-corrected chi connectivity index (χ4v) is 2.67. The molecular formula is C17H14N2O4S. The van der Waals surface area contributed by atoms with Crippen molar-refractivity contribution in [3.63, 3.8) is 0 Å². The van der Waals surface area contributed by atoms with E-state index in [-0.39, 0.29) is 12.2 Å². The minimum atomic E-state index is -0.606. The normalized spacial score (nSPS) is 10.4. The van der Waals surface area contributed by atoms with Crippen molar-refractivity contribution in [3.05, 3.63) is 58.8 Å². The highest BCUT2D eigenvalue weighted by molar-refractivity contribution is 7.09. The first-order valence-corrected chi connectivity index (χ1v) is 8.01. The third-order valence-corrected chi connectivity index (χ3v) is 3.93. The first-order chi connectivity index (χ1) is 11.6. The maximum atomic E-state index is 11.9. The maximum Gasteiger partial charge on any atom is 0.341 e. The number of esters is 1. The predicted octanol–water partition coefficient (Wildman–Crippen LogP) is 3.51. The number of rotatable bonds is 5. The van der Waals surface area contributed by atoms with E-state index in [4.69, 9.17) is 9.15 Å². The molecule has 1 amide bonds. The van der Waals surface area contributed by atoms with Crippen LogP contribution in [0.1, 0.15) is 15.4 Å². The molecular weight excluding hydrogens is 328 g/mol. The minimum Gasteiger partial charge on any atom is -0.472 e. The summed E-state index contributed by atoms with van der Waals surface area (Å²) in [6, 6.07) is 8.81. The average molecular weight is 342 g/mol. The van der Waals surface area contributed by atoms with Crippen LogP contribution in [0, 0.1) is 6.92 Å². The highest BCUT2D eigenvalue weighted by Crippen LogP contribution is 2.24. The van der Waals surface area contributed by atoms with Crippen LogP contribution in [0.3, 0.4) is 0 Å². The Morgan fingerprint density at radius 3 is 2.92 bits per heavy atom. The molecule has 2 heterocycles. The average Bonchev–Trinajstić information content (AvgIpc) is 3.24. The van der Waals surface area contributed by atoms with E-state index in [0.29, 0.717) is 5.69 Å². The number of benzene rings is 1. The smallest absolute Gasteiger partial charge is 0.341 e. The van der Waals surface area contributed by atoms with Gasteiger partial charge in [0.1, 0.15) is 6.26 Å². The van der Waals surface area contributed by atoms with Gasteiger partial charge in [-0.2, -0.15) is 0 Å². The number of aryl methyl sites for hydroxylation is 1. The molecule has 0 aliphatic heterocycles. The number of ether oxygens (including phenoxy) is 1. The summed E-state index contributed by atoms with van der Waals surface area (Å²) < 4.78 is 9.71. The van der Waals surface area contributed by atoms with Crippen molar-refractivity contribution in [2.75, 3.05) is 11.9 Å². The van der Waals surface area contributed by atoms with Crippen LogP contribution in [0.15, 0.2) is 52.7 Å². The molecule has 0 fully saturated rings. The number of carbonyl (C=O) groups is 2. The molecule has 122 valence electrons. The van der Waals surface area contributed by atoms with Crippen LogP contribution in [0.2, 0.25) is 0 Å². The molecule has 3 aromatic rings. The number of thiazole rings is 1. The molecule has 0 bridgehead atoms. The summed E-state index contributed by atoms with van der Waals surface area (Å²) in [5.74, 6) is -1.02. The van der Waals surface area contributed by atoms with Gasteiger partial charge in [-0.3, -0.25) is 4.79 Å². The molecule has 0 spiro atoms. The third-order valence-electron chi connectivity index (χ3n) is 3.15. The summed E-state index contributed by atoms with van der Waals surface area (Å²) >= 11 is 1.57. The van der Waals surface area contributed by atoms with Crippen molar-refractivity contribution in [1.82, 2.24) is 4.98 Å². The van der Waals surface area contributed by atoms with Crippen molar-refractivity contribution >= 4 is 28.9 Å². The Bertz CT molecular complexity index is 855. The van der Waals surface area contributed by atoms with Crippen LogP contribution in [0.25, 0.3) is 11.3 Å². The van der Waals surface area contributed by atoms with E-state index < -0.39 is 11.9 Å². The van der Waals surface area contributed by atoms with E-state index in [1.807, 2.05) is 30.5 Å². The molecule has 6 nitrogen and oxygen atoms in total. The van der Waals surface area contributed by atoms with E-state index in [2.05, 4.69) is 10.3 Å². The summed E-state index contributed by atoms with van der Waals surface area (Å²) in [5.41, 5.74) is 2.65. The summed E-state index contributed by atoms with van der Waals surface area (Å²) in [6.45, 7) is 1.57. The fourth-order valence-electron chi connectivity index (χ4n) is 2.04. The number of nitrogens with one attached hydrogen (secondary N) is 1. The molecule has 2 aromatic heterocycles. The third kappa shape index (κ3) is 3.88. The quantitative estimate of drug-likeness (QED) is 0.718. The lowest BCUT2D eigenvalue weighted by molar-refractivity contribution is -0.119. The van der Waals surface area contributed by atoms with Gasteiger partial charge in [-0.15, -0.1) is 11.3 Å². The Labute approximate surface area is 142 Å². The number of hydrogen-bond donors (Lipinski definition) is 1. The van der Waals surface area contributed by atoms with E-state index in [0.717, 1.165) is 16.3 Å². The highest BCUT2D eigenvalue weighted by Gasteiger charge is 2.11. The molecule has 24 heavy (non-hydrogen) atoms. The number of carbonyl (C=O) groups excluding carboxylic acids is 2. The molecule has 0 unspecified atom stereocenters. The highest BCUT2D eigenvalue weighted by atomic mass is 32.1. The zero-order chi connectivity index (χ0) is 16.9. The first kappa shape index (κ1) is 15.9. The summed E-state index contributed by atoms with van der Waals surface area (Å²) in [4.78, 5) is 28.0. The fraction of sp³-hybridized carbons (Fsp3) is 0.118. The molecule has 0 aliphatic carbocycles. The monoisotopic (exact) mass is 342 g/mol. The SMILES string of the molecule is Cc1nc(-c2cccc(NC(=O)COC(=O)c3ccoc3)c2)cs1. The summed E-state index contributed by atoms with van der Waals surface area (Å²) in [5, 5.41) is 5.63. The molecule has 1 N–H and O–H groups in total. The molecule has 3 rings (SSSR count). The van der Waals surface area contributed by atoms with E-state index >= 15 is 0 Å². The van der Waals surface area contributed by atoms with Gasteiger partial charge in [0.05, 0.1) is 22.5 Å². The molecule has 0 radical (unpaired) electrons. The molecule has 0 aliphatic rings. The Morgan fingerprint density at radius 1 is 1.33 bits per heavy atom. The van der Waals surface area contributed by atoms with Gasteiger partial charge in [0.2, 0.25) is 0 Å². The van der Waals surface area contributed by atoms with Crippen LogP contribution < -0.4 is 5.32 Å². The second-order valence-corrected chi connectivity index (χ2v) is 6.03. The summed E-state index contributed by atoms with van der Waals surface area (Å²) in [7, 11) is 0. The second-order valence-electron chi connectivity index (χ2n) is 4.97. The van der Waals surface area contributed by atoms with Crippen molar-refractivity contribution in [1.29, 1.82) is 0 Å². The largest absolute Gasteiger partial charge is 0.472 e. The van der Waals surface area contributed by atoms with E-state index in [1.54, 1.807) is 17.4 Å². The van der Waals surface area contributed by atoms with Crippen molar-refractivity contribution in [2.24, 2.45) is 0 Å². The second kappa shape index (κ2) is 7.10. The molecule has 1 aromatic carbocycles. The Kier molecular flexibility index (Phi) is 4.72. The Morgan fingerprint density at radius 2 is 2.21 bits per heavy atom. The summed E-state index contributed by atoms with van der Waals surface area (Å²) in [6.07, 6.45) is 2.63. The lowest BCUT2D eigenvalue weighted by Gasteiger charge is -2.07. The van der Waals surface area contributed by atoms with Gasteiger partial charge >= 0.3 is 5.97 Å². The lowest BCUT2D eigenvalue weighted by atomic mass is 10.1. The molecule has 0 saturated heterocycles. The van der Waals surface area contributed by atoms with Gasteiger partial charge in [0.15, 0.2) is 6.61 Å². The molecule has 0 saturated carbocycles. The minimum absolute atomic E-state index is 0.267. The zero-order valence-electron chi connectivity index (χ0n) is 12.8. The van der Waals surface area contributed by atoms with Crippen LogP contribution in [-0.2, 0) is 9.53 Å². The van der Waals surface area contributed by atoms with Gasteiger partial charge in [-0.25, -0.2) is 9.78 Å². The maximum absolute atomic E-state index is 11.9. The van der Waals surface area contributed by atoms with Gasteiger partial charge < -0.3 is 14.5 Å². The van der Waals surface area contributed by atoms with Gasteiger partial charge in [0, 0.05) is 16.6 Å². The Balaban J connectivity index is 1.59. The van der Waals surface area contributed by atoms with Crippen molar-refractivity contribution < 1.29 is 18.7 Å².